The van der Waals surface area contributed by atoms with Crippen molar-refractivity contribution in [1.82, 2.24) is 19.5 Å². The standard InChI is InChI=1S/C17H17N5O6S/c23-13-11(6-29-5-9-1-3-10(4-2-9)22(26)27)28-17(14(13)24)21-8-20-12-15(21)18-7-19-16(12)25/h1-4,7-8,11,13-14,17,23-24H,5-6H2,(H,18,19,25). The lowest BCUT2D eigenvalue weighted by Crippen LogP contribution is -2.32. The Hall–Kier alpha value is -2.80. The Kier molecular flexibility index (Phi) is 5.32. The summed E-state index contributed by atoms with van der Waals surface area (Å²) in [4.78, 5) is 32.5. The minimum absolute atomic E-state index is 0.0271. The van der Waals surface area contributed by atoms with Crippen LogP contribution in [0.1, 0.15) is 11.8 Å². The number of rotatable bonds is 6. The summed E-state index contributed by atoms with van der Waals surface area (Å²) < 4.78 is 7.26. The molecule has 0 saturated carbocycles. The first-order chi connectivity index (χ1) is 14.0. The molecule has 4 atom stereocenters. The summed E-state index contributed by atoms with van der Waals surface area (Å²) >= 11 is 1.47. The van der Waals surface area contributed by atoms with Crippen LogP contribution in [-0.4, -0.2) is 58.7 Å². The number of aliphatic hydroxyl groups excluding tert-OH is 2. The van der Waals surface area contributed by atoms with E-state index in [2.05, 4.69) is 15.0 Å². The summed E-state index contributed by atoms with van der Waals surface area (Å²) in [6.45, 7) is 0. The van der Waals surface area contributed by atoms with Crippen LogP contribution in [0.3, 0.4) is 0 Å². The monoisotopic (exact) mass is 419 g/mol. The number of fused-ring (bicyclic) bond motifs is 1. The molecule has 4 rings (SSSR count). The fraction of sp³-hybridized carbons (Fsp3) is 0.353. The largest absolute Gasteiger partial charge is 0.387 e. The summed E-state index contributed by atoms with van der Waals surface area (Å²) in [6.07, 6.45) is -1.31. The minimum Gasteiger partial charge on any atom is -0.387 e. The molecule has 152 valence electrons. The number of nitrogens with zero attached hydrogens (tertiary/aromatic N) is 4. The van der Waals surface area contributed by atoms with E-state index in [1.54, 1.807) is 12.1 Å². The molecular weight excluding hydrogens is 402 g/mol. The Bertz CT molecular complexity index is 1080. The Morgan fingerprint density at radius 2 is 2.00 bits per heavy atom. The van der Waals surface area contributed by atoms with Gasteiger partial charge >= 0.3 is 0 Å². The molecule has 12 heteroatoms. The highest BCUT2D eigenvalue weighted by molar-refractivity contribution is 7.98. The zero-order valence-corrected chi connectivity index (χ0v) is 15.7. The number of imidazole rings is 1. The predicted molar refractivity (Wildman–Crippen MR) is 103 cm³/mol. The number of nitro benzene ring substituents is 1. The molecule has 1 aliphatic heterocycles. The van der Waals surface area contributed by atoms with Gasteiger partial charge in [0.05, 0.1) is 23.7 Å². The van der Waals surface area contributed by atoms with Crippen LogP contribution in [0.4, 0.5) is 5.69 Å². The highest BCUT2D eigenvalue weighted by Gasteiger charge is 2.44. The van der Waals surface area contributed by atoms with Crippen molar-refractivity contribution >= 4 is 28.6 Å². The van der Waals surface area contributed by atoms with Crippen LogP contribution in [-0.2, 0) is 10.5 Å². The third-order valence-electron chi connectivity index (χ3n) is 4.67. The number of non-ortho nitro benzene ring substituents is 1. The van der Waals surface area contributed by atoms with Crippen molar-refractivity contribution in [1.29, 1.82) is 0 Å². The smallest absolute Gasteiger partial charge is 0.278 e. The minimum atomic E-state index is -1.21. The van der Waals surface area contributed by atoms with Gasteiger partial charge in [0.1, 0.15) is 12.2 Å². The number of benzene rings is 1. The first-order valence-electron chi connectivity index (χ1n) is 8.68. The van der Waals surface area contributed by atoms with Crippen molar-refractivity contribution < 1.29 is 19.9 Å². The molecule has 3 N–H and O–H groups in total. The number of nitrogens with one attached hydrogen (secondary N) is 1. The molecule has 0 aliphatic carbocycles. The molecule has 1 aliphatic rings. The molecule has 1 fully saturated rings. The molecule has 29 heavy (non-hydrogen) atoms. The maximum atomic E-state index is 11.8. The summed E-state index contributed by atoms with van der Waals surface area (Å²) in [5.41, 5.74) is 0.892. The average molecular weight is 419 g/mol. The van der Waals surface area contributed by atoms with Crippen LogP contribution >= 0.6 is 11.8 Å². The number of aromatic nitrogens is 4. The summed E-state index contributed by atoms with van der Waals surface area (Å²) in [5, 5.41) is 31.5. The highest BCUT2D eigenvalue weighted by atomic mass is 32.2. The van der Waals surface area contributed by atoms with Gasteiger partial charge in [-0.15, -0.1) is 0 Å². The van der Waals surface area contributed by atoms with Gasteiger partial charge in [-0.3, -0.25) is 19.5 Å². The van der Waals surface area contributed by atoms with Crippen LogP contribution < -0.4 is 5.56 Å². The number of aromatic amines is 1. The summed E-state index contributed by atoms with van der Waals surface area (Å²) in [7, 11) is 0. The predicted octanol–water partition coefficient (Wildman–Crippen LogP) is 0.580. The Balaban J connectivity index is 1.41. The fourth-order valence-electron chi connectivity index (χ4n) is 3.15. The van der Waals surface area contributed by atoms with Gasteiger partial charge < -0.3 is 19.9 Å². The van der Waals surface area contributed by atoms with Crippen molar-refractivity contribution in [3.8, 4) is 0 Å². The number of H-pyrrole nitrogens is 1. The first-order valence-corrected chi connectivity index (χ1v) is 9.84. The number of hydrogen-bond acceptors (Lipinski definition) is 9. The van der Waals surface area contributed by atoms with Crippen molar-refractivity contribution in [2.24, 2.45) is 0 Å². The summed E-state index contributed by atoms with van der Waals surface area (Å²) in [5.74, 6) is 0.961. The quantitative estimate of drug-likeness (QED) is 0.384. The SMILES string of the molecule is O=c1[nH]cnc2c1ncn2C1OC(CSCc2ccc([N+](=O)[O-])cc2)C(O)C1O. The van der Waals surface area contributed by atoms with E-state index < -0.39 is 35.0 Å². The van der Waals surface area contributed by atoms with Gasteiger partial charge in [-0.25, -0.2) is 9.97 Å². The molecule has 0 bridgehead atoms. The van der Waals surface area contributed by atoms with Gasteiger partial charge in [-0.1, -0.05) is 12.1 Å². The molecule has 0 amide bonds. The Labute approximate surface area is 167 Å². The van der Waals surface area contributed by atoms with E-state index in [0.717, 1.165) is 5.56 Å². The third kappa shape index (κ3) is 3.74. The number of nitro groups is 1. The van der Waals surface area contributed by atoms with Crippen LogP contribution in [0, 0.1) is 10.1 Å². The lowest BCUT2D eigenvalue weighted by molar-refractivity contribution is -0.384. The molecule has 1 saturated heterocycles. The number of aliphatic hydroxyl groups is 2. The maximum absolute atomic E-state index is 11.8. The van der Waals surface area contributed by atoms with Crippen molar-refractivity contribution in [3.63, 3.8) is 0 Å². The van der Waals surface area contributed by atoms with Gasteiger partial charge in [0.2, 0.25) is 0 Å². The van der Waals surface area contributed by atoms with E-state index in [4.69, 9.17) is 4.74 Å². The zero-order chi connectivity index (χ0) is 20.5. The van der Waals surface area contributed by atoms with Gasteiger partial charge in [0, 0.05) is 23.6 Å². The second-order valence-electron chi connectivity index (χ2n) is 6.54. The number of thioether (sulfide) groups is 1. The first kappa shape index (κ1) is 19.5. The molecule has 2 aromatic heterocycles. The molecule has 1 aromatic carbocycles. The molecule has 3 aromatic rings. The summed E-state index contributed by atoms with van der Waals surface area (Å²) in [6, 6.07) is 6.23. The normalized spacial score (nSPS) is 24.2. The van der Waals surface area contributed by atoms with E-state index in [9.17, 15) is 25.1 Å². The van der Waals surface area contributed by atoms with Crippen LogP contribution in [0.5, 0.6) is 0 Å². The molecule has 0 radical (unpaired) electrons. The number of ether oxygens (including phenoxy) is 1. The lowest BCUT2D eigenvalue weighted by Gasteiger charge is -2.16. The fourth-order valence-corrected chi connectivity index (χ4v) is 4.21. The van der Waals surface area contributed by atoms with Gasteiger partial charge in [0.15, 0.2) is 17.4 Å². The molecule has 11 nitrogen and oxygen atoms in total. The molecule has 0 spiro atoms. The van der Waals surface area contributed by atoms with Gasteiger partial charge in [0.25, 0.3) is 11.2 Å². The van der Waals surface area contributed by atoms with Crippen LogP contribution in [0.25, 0.3) is 11.2 Å². The van der Waals surface area contributed by atoms with Crippen molar-refractivity contribution in [2.45, 2.75) is 30.3 Å². The van der Waals surface area contributed by atoms with E-state index in [-0.39, 0.29) is 16.9 Å². The number of hydrogen-bond donors (Lipinski definition) is 3. The molecular formula is C17H17N5O6S. The van der Waals surface area contributed by atoms with Gasteiger partial charge in [-0.2, -0.15) is 11.8 Å². The Morgan fingerprint density at radius 3 is 2.72 bits per heavy atom. The van der Waals surface area contributed by atoms with Crippen LogP contribution in [0.15, 0.2) is 41.7 Å². The van der Waals surface area contributed by atoms with E-state index in [1.807, 2.05) is 0 Å². The van der Waals surface area contributed by atoms with Gasteiger partial charge in [-0.05, 0) is 5.56 Å². The van der Waals surface area contributed by atoms with Crippen molar-refractivity contribution in [3.05, 3.63) is 63.0 Å². The average Bonchev–Trinajstić information content (AvgIpc) is 3.26. The zero-order valence-electron chi connectivity index (χ0n) is 14.9. The molecule has 3 heterocycles. The van der Waals surface area contributed by atoms with E-state index in [0.29, 0.717) is 11.5 Å². The lowest BCUT2D eigenvalue weighted by atomic mass is 10.1. The van der Waals surface area contributed by atoms with E-state index >= 15 is 0 Å². The second-order valence-corrected chi connectivity index (χ2v) is 7.57. The van der Waals surface area contributed by atoms with E-state index in [1.165, 1.54) is 41.1 Å². The second kappa shape index (κ2) is 7.91. The topological polar surface area (TPSA) is 156 Å². The van der Waals surface area contributed by atoms with Crippen molar-refractivity contribution in [2.75, 3.05) is 5.75 Å². The van der Waals surface area contributed by atoms with Crippen LogP contribution in [0.2, 0.25) is 0 Å². The maximum Gasteiger partial charge on any atom is 0.278 e. The Morgan fingerprint density at radius 1 is 1.24 bits per heavy atom. The third-order valence-corrected chi connectivity index (χ3v) is 5.78. The molecule has 4 unspecified atom stereocenters. The highest BCUT2D eigenvalue weighted by Crippen LogP contribution is 2.33.